The van der Waals surface area contributed by atoms with Crippen LogP contribution in [0, 0.1) is 0 Å². The van der Waals surface area contributed by atoms with Crippen molar-refractivity contribution >= 4 is 5.91 Å². The van der Waals surface area contributed by atoms with Gasteiger partial charge in [0.25, 0.3) is 5.91 Å². The normalized spacial score (nSPS) is 12.4. The Morgan fingerprint density at radius 2 is 1.68 bits per heavy atom. The first-order valence-electron chi connectivity index (χ1n) is 7.71. The number of nitrogens with one attached hydrogen (secondary N) is 1. The Morgan fingerprint density at radius 3 is 2.32 bits per heavy atom. The van der Waals surface area contributed by atoms with Crippen LogP contribution < -0.4 is 27.4 Å². The topological polar surface area (TPSA) is 118 Å². The lowest BCUT2D eigenvalue weighted by atomic mass is 10.1. The molecule has 1 unspecified atom stereocenters. The Morgan fingerprint density at radius 1 is 1.05 bits per heavy atom. The molecule has 0 aliphatic heterocycles. The summed E-state index contributed by atoms with van der Waals surface area (Å²) in [6.07, 6.45) is 5.56. The van der Waals surface area contributed by atoms with Gasteiger partial charge in [-0.3, -0.25) is 4.79 Å². The Bertz CT molecular complexity index is 213. The van der Waals surface area contributed by atoms with Crippen LogP contribution in [-0.4, -0.2) is 51.7 Å². The quantitative estimate of drug-likeness (QED) is 0.215. The lowest BCUT2D eigenvalue weighted by Crippen LogP contribution is -2.93. The van der Waals surface area contributed by atoms with Gasteiger partial charge in [-0.05, 0) is 12.8 Å². The maximum absolute atomic E-state index is 11.7. The first-order chi connectivity index (χ1) is 9.26. The SMILES string of the molecule is CNC(=O)C(CCCC[NH2+]CCC[NH3+])[NH2+]CCC[NH3+]. The van der Waals surface area contributed by atoms with Crippen molar-refractivity contribution in [2.75, 3.05) is 39.8 Å². The third-order valence-corrected chi connectivity index (χ3v) is 3.32. The van der Waals surface area contributed by atoms with E-state index in [1.807, 2.05) is 0 Å². The van der Waals surface area contributed by atoms with Crippen molar-refractivity contribution < 1.29 is 26.9 Å². The number of carbonyl (C=O) groups excluding carboxylic acids is 1. The van der Waals surface area contributed by atoms with Crippen molar-refractivity contribution in [3.05, 3.63) is 0 Å². The van der Waals surface area contributed by atoms with Crippen molar-refractivity contribution in [3.63, 3.8) is 0 Å². The molecule has 0 bridgehead atoms. The van der Waals surface area contributed by atoms with Crippen molar-refractivity contribution in [3.8, 4) is 0 Å². The predicted molar refractivity (Wildman–Crippen MR) is 74.9 cm³/mol. The molecule has 0 saturated carbocycles. The zero-order valence-corrected chi connectivity index (χ0v) is 12.6. The summed E-state index contributed by atoms with van der Waals surface area (Å²) in [6, 6.07) is 0.0800. The molecule has 0 radical (unpaired) electrons. The molecule has 0 fully saturated rings. The fraction of sp³-hybridized carbons (Fsp3) is 0.923. The number of quaternary nitrogens is 4. The first-order valence-corrected chi connectivity index (χ1v) is 7.71. The summed E-state index contributed by atoms with van der Waals surface area (Å²) >= 11 is 0. The van der Waals surface area contributed by atoms with Gasteiger partial charge in [-0.25, -0.2) is 0 Å². The second-order valence-corrected chi connectivity index (χ2v) is 5.02. The molecule has 0 spiro atoms. The third-order valence-electron chi connectivity index (χ3n) is 3.32. The Balaban J connectivity index is 3.64. The van der Waals surface area contributed by atoms with Crippen molar-refractivity contribution in [2.24, 2.45) is 0 Å². The zero-order valence-electron chi connectivity index (χ0n) is 12.6. The second kappa shape index (κ2) is 13.7. The van der Waals surface area contributed by atoms with E-state index in [4.69, 9.17) is 0 Å². The molecule has 6 heteroatoms. The maximum atomic E-state index is 11.7. The van der Waals surface area contributed by atoms with Crippen LogP contribution in [0.3, 0.4) is 0 Å². The minimum absolute atomic E-state index is 0.0800. The number of hydrogen-bond donors (Lipinski definition) is 5. The molecule has 0 rings (SSSR count). The Hall–Kier alpha value is -0.690. The van der Waals surface area contributed by atoms with Crippen molar-refractivity contribution in [1.29, 1.82) is 0 Å². The maximum Gasteiger partial charge on any atom is 0.277 e. The van der Waals surface area contributed by atoms with E-state index in [1.165, 1.54) is 25.9 Å². The highest BCUT2D eigenvalue weighted by atomic mass is 16.2. The van der Waals surface area contributed by atoms with E-state index >= 15 is 0 Å². The molecule has 0 saturated heterocycles. The van der Waals surface area contributed by atoms with Gasteiger partial charge in [0.05, 0.1) is 32.7 Å². The summed E-state index contributed by atoms with van der Waals surface area (Å²) in [4.78, 5) is 11.7. The van der Waals surface area contributed by atoms with Crippen LogP contribution in [0.1, 0.15) is 32.1 Å². The average Bonchev–Trinajstić information content (AvgIpc) is 2.43. The third kappa shape index (κ3) is 10.9. The fourth-order valence-electron chi connectivity index (χ4n) is 2.09. The van der Waals surface area contributed by atoms with E-state index in [0.29, 0.717) is 0 Å². The molecular formula is C13H35N5O+4. The number of hydrogen-bond acceptors (Lipinski definition) is 1. The van der Waals surface area contributed by atoms with Gasteiger partial charge in [-0.1, -0.05) is 0 Å². The monoisotopic (exact) mass is 277 g/mol. The number of likely N-dealkylation sites (N-methyl/N-ethyl adjacent to an activating group) is 1. The Kier molecular flexibility index (Phi) is 13.2. The van der Waals surface area contributed by atoms with E-state index in [0.717, 1.165) is 38.9 Å². The highest BCUT2D eigenvalue weighted by molar-refractivity contribution is 5.79. The second-order valence-electron chi connectivity index (χ2n) is 5.02. The van der Waals surface area contributed by atoms with Gasteiger partial charge < -0.3 is 27.4 Å². The molecule has 0 aromatic heterocycles. The summed E-state index contributed by atoms with van der Waals surface area (Å²) in [5, 5.41) is 7.28. The highest BCUT2D eigenvalue weighted by Gasteiger charge is 2.19. The molecule has 0 aliphatic rings. The summed E-state index contributed by atoms with van der Waals surface area (Å²) in [5.41, 5.74) is 7.66. The molecule has 1 atom stereocenters. The minimum Gasteiger partial charge on any atom is -0.357 e. The van der Waals surface area contributed by atoms with E-state index in [9.17, 15) is 4.79 Å². The minimum atomic E-state index is 0.0800. The van der Waals surface area contributed by atoms with E-state index in [-0.39, 0.29) is 11.9 Å². The molecule has 0 aromatic carbocycles. The summed E-state index contributed by atoms with van der Waals surface area (Å²) in [5.74, 6) is 0.157. The molecular weight excluding hydrogens is 242 g/mol. The molecule has 1 amide bonds. The van der Waals surface area contributed by atoms with E-state index in [2.05, 4.69) is 27.4 Å². The van der Waals surface area contributed by atoms with Gasteiger partial charge in [0.2, 0.25) is 0 Å². The van der Waals surface area contributed by atoms with Crippen LogP contribution in [0.25, 0.3) is 0 Å². The molecule has 0 aromatic rings. The predicted octanol–water partition coefficient (Wildman–Crippen LogP) is -4.34. The number of nitrogens with two attached hydrogens (primary N) is 2. The van der Waals surface area contributed by atoms with Gasteiger partial charge in [0.1, 0.15) is 0 Å². The van der Waals surface area contributed by atoms with Gasteiger partial charge in [-0.2, -0.15) is 0 Å². The standard InChI is InChI=1S/C13H31N5O/c1-16-13(19)12(18-11-5-8-15)6-2-3-9-17-10-4-7-14/h12,17-18H,2-11,14-15H2,1H3,(H,16,19)/p+4. The van der Waals surface area contributed by atoms with Gasteiger partial charge >= 0.3 is 0 Å². The van der Waals surface area contributed by atoms with Crippen LogP contribution in [0.4, 0.5) is 0 Å². The lowest BCUT2D eigenvalue weighted by Gasteiger charge is -2.13. The van der Waals surface area contributed by atoms with Crippen molar-refractivity contribution in [1.82, 2.24) is 5.32 Å². The average molecular weight is 277 g/mol. The van der Waals surface area contributed by atoms with Crippen LogP contribution in [0.2, 0.25) is 0 Å². The smallest absolute Gasteiger partial charge is 0.277 e. The Labute approximate surface area is 117 Å². The number of carbonyl (C=O) groups is 1. The summed E-state index contributed by atoms with van der Waals surface area (Å²) < 4.78 is 0. The van der Waals surface area contributed by atoms with E-state index in [1.54, 1.807) is 7.05 Å². The highest BCUT2D eigenvalue weighted by Crippen LogP contribution is 1.96. The van der Waals surface area contributed by atoms with Gasteiger partial charge in [-0.15, -0.1) is 0 Å². The molecule has 0 aliphatic carbocycles. The van der Waals surface area contributed by atoms with Crippen molar-refractivity contribution in [2.45, 2.75) is 38.1 Å². The number of unbranched alkanes of at least 4 members (excludes halogenated alkanes) is 1. The summed E-state index contributed by atoms with van der Waals surface area (Å²) in [6.45, 7) is 5.31. The molecule has 19 heavy (non-hydrogen) atoms. The first kappa shape index (κ1) is 18.3. The van der Waals surface area contributed by atoms with E-state index < -0.39 is 0 Å². The van der Waals surface area contributed by atoms with Crippen LogP contribution in [-0.2, 0) is 4.79 Å². The summed E-state index contributed by atoms with van der Waals surface area (Å²) in [7, 11) is 1.72. The molecule has 11 N–H and O–H groups in total. The number of rotatable bonds is 13. The molecule has 0 heterocycles. The zero-order chi connectivity index (χ0) is 14.3. The molecule has 114 valence electrons. The fourth-order valence-corrected chi connectivity index (χ4v) is 2.09. The number of amides is 1. The van der Waals surface area contributed by atoms with Gasteiger partial charge in [0.15, 0.2) is 6.04 Å². The lowest BCUT2D eigenvalue weighted by molar-refractivity contribution is -0.679. The van der Waals surface area contributed by atoms with Gasteiger partial charge in [0, 0.05) is 26.3 Å². The largest absolute Gasteiger partial charge is 0.357 e. The van der Waals surface area contributed by atoms with Crippen LogP contribution in [0.15, 0.2) is 0 Å². The van der Waals surface area contributed by atoms with Crippen LogP contribution in [0.5, 0.6) is 0 Å². The molecule has 6 nitrogen and oxygen atoms in total. The van der Waals surface area contributed by atoms with Crippen LogP contribution >= 0.6 is 0 Å².